The number of hydrogen-bond donors (Lipinski definition) is 2. The van der Waals surface area contributed by atoms with Gasteiger partial charge in [0.05, 0.1) is 13.2 Å². The van der Waals surface area contributed by atoms with Crippen molar-refractivity contribution in [2.75, 3.05) is 31.2 Å². The molecule has 6 heteroatoms. The number of nitrogens with zero attached hydrogens (tertiary/aromatic N) is 2. The van der Waals surface area contributed by atoms with Gasteiger partial charge in [-0.3, -0.25) is 4.79 Å². The van der Waals surface area contributed by atoms with Crippen LogP contribution in [-0.2, 0) is 16.1 Å². The fraction of sp³-hybridized carbons (Fsp3) is 0.600. The van der Waals surface area contributed by atoms with Crippen LogP contribution in [0.5, 0.6) is 0 Å². The van der Waals surface area contributed by atoms with Crippen molar-refractivity contribution >= 4 is 11.7 Å². The molecule has 1 aliphatic rings. The molecule has 2 rings (SSSR count). The van der Waals surface area contributed by atoms with E-state index in [-0.39, 0.29) is 11.9 Å². The number of morpholine rings is 1. The Labute approximate surface area is 125 Å². The van der Waals surface area contributed by atoms with Crippen LogP contribution in [0.2, 0.25) is 0 Å². The first-order chi connectivity index (χ1) is 10.2. The average Bonchev–Trinajstić information content (AvgIpc) is 2.52. The van der Waals surface area contributed by atoms with Crippen LogP contribution >= 0.6 is 0 Å². The maximum Gasteiger partial charge on any atom is 0.245 e. The van der Waals surface area contributed by atoms with Gasteiger partial charge >= 0.3 is 0 Å². The Bertz CT molecular complexity index is 493. The lowest BCUT2D eigenvalue weighted by molar-refractivity contribution is -0.124. The van der Waals surface area contributed by atoms with Crippen LogP contribution in [0, 0.1) is 6.92 Å². The highest BCUT2D eigenvalue weighted by Gasteiger charge is 2.31. The van der Waals surface area contributed by atoms with Crippen LogP contribution in [-0.4, -0.2) is 43.2 Å². The van der Waals surface area contributed by atoms with Crippen molar-refractivity contribution < 1.29 is 9.53 Å². The van der Waals surface area contributed by atoms with Gasteiger partial charge in [0.15, 0.2) is 0 Å². The molecule has 21 heavy (non-hydrogen) atoms. The first-order valence-electron chi connectivity index (χ1n) is 7.46. The van der Waals surface area contributed by atoms with Gasteiger partial charge in [-0.25, -0.2) is 4.98 Å². The minimum atomic E-state index is -0.343. The molecule has 6 nitrogen and oxygen atoms in total. The van der Waals surface area contributed by atoms with E-state index in [2.05, 4.69) is 10.3 Å². The van der Waals surface area contributed by atoms with E-state index in [0.29, 0.717) is 32.8 Å². The van der Waals surface area contributed by atoms with E-state index < -0.39 is 0 Å². The van der Waals surface area contributed by atoms with Crippen molar-refractivity contribution in [1.82, 2.24) is 10.3 Å². The number of aryl methyl sites for hydroxylation is 1. The van der Waals surface area contributed by atoms with Crippen molar-refractivity contribution in [3.05, 3.63) is 23.4 Å². The molecule has 0 saturated carbocycles. The van der Waals surface area contributed by atoms with Crippen molar-refractivity contribution in [3.8, 4) is 0 Å². The second-order valence-corrected chi connectivity index (χ2v) is 5.21. The number of amides is 1. The van der Waals surface area contributed by atoms with Gasteiger partial charge in [0.25, 0.3) is 0 Å². The maximum absolute atomic E-state index is 12.3. The third-order valence-corrected chi connectivity index (χ3v) is 3.57. The molecule has 116 valence electrons. The number of nitrogens with one attached hydrogen (secondary N) is 1. The van der Waals surface area contributed by atoms with Gasteiger partial charge in [0.2, 0.25) is 5.91 Å². The van der Waals surface area contributed by atoms with Crippen LogP contribution in [0.3, 0.4) is 0 Å². The highest BCUT2D eigenvalue weighted by molar-refractivity contribution is 5.85. The smallest absolute Gasteiger partial charge is 0.245 e. The van der Waals surface area contributed by atoms with Gasteiger partial charge in [0, 0.05) is 30.9 Å². The van der Waals surface area contributed by atoms with Crippen LogP contribution in [0.1, 0.15) is 24.6 Å². The average molecular weight is 292 g/mol. The van der Waals surface area contributed by atoms with Gasteiger partial charge < -0.3 is 20.7 Å². The number of ether oxygens (including phenoxy) is 1. The van der Waals surface area contributed by atoms with Gasteiger partial charge in [-0.05, 0) is 19.4 Å². The largest absolute Gasteiger partial charge is 0.377 e. The molecule has 0 spiro atoms. The summed E-state index contributed by atoms with van der Waals surface area (Å²) in [6.45, 7) is 6.68. The minimum absolute atomic E-state index is 0.0113. The summed E-state index contributed by atoms with van der Waals surface area (Å²) in [5.41, 5.74) is 7.68. The number of aromatic nitrogens is 1. The van der Waals surface area contributed by atoms with E-state index in [1.165, 1.54) is 0 Å². The van der Waals surface area contributed by atoms with Crippen molar-refractivity contribution in [1.29, 1.82) is 0 Å². The van der Waals surface area contributed by atoms with Crippen molar-refractivity contribution in [2.45, 2.75) is 32.9 Å². The Morgan fingerprint density at radius 3 is 3.10 bits per heavy atom. The van der Waals surface area contributed by atoms with E-state index in [4.69, 9.17) is 10.5 Å². The molecular weight excluding hydrogens is 268 g/mol. The Morgan fingerprint density at radius 2 is 2.38 bits per heavy atom. The van der Waals surface area contributed by atoms with E-state index >= 15 is 0 Å². The summed E-state index contributed by atoms with van der Waals surface area (Å²) >= 11 is 0. The first-order valence-corrected chi connectivity index (χ1v) is 7.46. The summed E-state index contributed by atoms with van der Waals surface area (Å²) in [6.07, 6.45) is 0.913. The maximum atomic E-state index is 12.3. The Morgan fingerprint density at radius 1 is 1.57 bits per heavy atom. The molecule has 0 radical (unpaired) electrons. The van der Waals surface area contributed by atoms with E-state index in [1.807, 2.05) is 30.9 Å². The highest BCUT2D eigenvalue weighted by Crippen LogP contribution is 2.22. The number of carbonyl (C=O) groups is 1. The molecule has 1 aromatic rings. The number of carbonyl (C=O) groups excluding carboxylic acids is 1. The number of nitrogens with two attached hydrogens (primary N) is 1. The SMILES string of the molecule is CCCNC(=O)C1COCCN1c1nc(C)ccc1CN. The third-order valence-electron chi connectivity index (χ3n) is 3.57. The predicted octanol–water partition coefficient (Wildman–Crippen LogP) is 0.580. The van der Waals surface area contributed by atoms with E-state index in [9.17, 15) is 4.79 Å². The molecule has 1 saturated heterocycles. The van der Waals surface area contributed by atoms with Gasteiger partial charge in [0.1, 0.15) is 11.9 Å². The predicted molar refractivity (Wildman–Crippen MR) is 82.1 cm³/mol. The topological polar surface area (TPSA) is 80.5 Å². The van der Waals surface area contributed by atoms with Gasteiger partial charge in [-0.2, -0.15) is 0 Å². The van der Waals surface area contributed by atoms with Gasteiger partial charge in [-0.1, -0.05) is 13.0 Å². The Hall–Kier alpha value is -1.66. The zero-order valence-corrected chi connectivity index (χ0v) is 12.8. The number of pyridine rings is 1. The lowest BCUT2D eigenvalue weighted by Crippen LogP contribution is -2.54. The molecule has 0 aromatic carbocycles. The molecule has 1 amide bonds. The normalized spacial score (nSPS) is 18.6. The molecule has 1 fully saturated rings. The molecule has 0 aliphatic carbocycles. The van der Waals surface area contributed by atoms with E-state index in [1.54, 1.807) is 0 Å². The van der Waals surface area contributed by atoms with Crippen LogP contribution in [0.15, 0.2) is 12.1 Å². The van der Waals surface area contributed by atoms with Crippen LogP contribution in [0.4, 0.5) is 5.82 Å². The Kier molecular flexibility index (Phi) is 5.52. The fourth-order valence-electron chi connectivity index (χ4n) is 2.42. The zero-order chi connectivity index (χ0) is 15.2. The van der Waals surface area contributed by atoms with E-state index in [0.717, 1.165) is 23.5 Å². The standard InChI is InChI=1S/C15H24N4O2/c1-3-6-17-15(20)13-10-21-8-7-19(13)14-12(9-16)5-4-11(2)18-14/h4-5,13H,3,6-10,16H2,1-2H3,(H,17,20). The van der Waals surface area contributed by atoms with Crippen molar-refractivity contribution in [3.63, 3.8) is 0 Å². The van der Waals surface area contributed by atoms with Gasteiger partial charge in [-0.15, -0.1) is 0 Å². The second kappa shape index (κ2) is 7.38. The lowest BCUT2D eigenvalue weighted by atomic mass is 10.1. The molecule has 1 unspecified atom stereocenters. The summed E-state index contributed by atoms with van der Waals surface area (Å²) in [7, 11) is 0. The number of hydrogen-bond acceptors (Lipinski definition) is 5. The van der Waals surface area contributed by atoms with Crippen LogP contribution < -0.4 is 16.0 Å². The summed E-state index contributed by atoms with van der Waals surface area (Å²) in [6, 6.07) is 3.58. The first kappa shape index (κ1) is 15.7. The minimum Gasteiger partial charge on any atom is -0.377 e. The summed E-state index contributed by atoms with van der Waals surface area (Å²) in [5, 5.41) is 2.93. The second-order valence-electron chi connectivity index (χ2n) is 5.21. The summed E-state index contributed by atoms with van der Waals surface area (Å²) in [5.74, 6) is 0.792. The zero-order valence-electron chi connectivity index (χ0n) is 12.8. The molecule has 1 aliphatic heterocycles. The fourth-order valence-corrected chi connectivity index (χ4v) is 2.42. The molecule has 1 atom stereocenters. The Balaban J connectivity index is 2.26. The number of rotatable bonds is 5. The van der Waals surface area contributed by atoms with Crippen LogP contribution in [0.25, 0.3) is 0 Å². The highest BCUT2D eigenvalue weighted by atomic mass is 16.5. The third kappa shape index (κ3) is 3.71. The summed E-state index contributed by atoms with van der Waals surface area (Å²) < 4.78 is 5.48. The molecule has 3 N–H and O–H groups in total. The molecule has 1 aromatic heterocycles. The lowest BCUT2D eigenvalue weighted by Gasteiger charge is -2.36. The quantitative estimate of drug-likeness (QED) is 0.830. The van der Waals surface area contributed by atoms with Crippen molar-refractivity contribution in [2.24, 2.45) is 5.73 Å². The monoisotopic (exact) mass is 292 g/mol. The summed E-state index contributed by atoms with van der Waals surface area (Å²) in [4.78, 5) is 18.9. The number of anilines is 1. The molecular formula is C15H24N4O2. The molecule has 2 heterocycles. The molecule has 0 bridgehead atoms.